The van der Waals surface area contributed by atoms with Gasteiger partial charge in [0.05, 0.1) is 5.56 Å². The van der Waals surface area contributed by atoms with Crippen LogP contribution < -0.4 is 10.1 Å². The Morgan fingerprint density at radius 2 is 1.86 bits per heavy atom. The van der Waals surface area contributed by atoms with Crippen molar-refractivity contribution in [2.45, 2.75) is 6.61 Å². The van der Waals surface area contributed by atoms with E-state index in [1.165, 1.54) is 24.3 Å². The third kappa shape index (κ3) is 4.63. The van der Waals surface area contributed by atoms with Crippen LogP contribution in [0.1, 0.15) is 10.4 Å². The number of amides is 1. The van der Waals surface area contributed by atoms with Crippen molar-refractivity contribution in [1.82, 2.24) is 0 Å². The molecule has 3 nitrogen and oxygen atoms in total. The lowest BCUT2D eigenvalue weighted by Crippen LogP contribution is -2.12. The lowest BCUT2D eigenvalue weighted by molar-refractivity contribution is -0.0498. The first-order valence-corrected chi connectivity index (χ1v) is 7.64. The van der Waals surface area contributed by atoms with Crippen molar-refractivity contribution in [2.24, 2.45) is 0 Å². The van der Waals surface area contributed by atoms with E-state index >= 15 is 0 Å². The number of anilines is 1. The van der Waals surface area contributed by atoms with Crippen molar-refractivity contribution in [2.75, 3.05) is 5.32 Å². The molecule has 1 amide bonds. The fourth-order valence-corrected chi connectivity index (χ4v) is 2.51. The second-order valence-corrected chi connectivity index (χ2v) is 6.08. The van der Waals surface area contributed by atoms with E-state index in [4.69, 9.17) is 0 Å². The van der Waals surface area contributed by atoms with E-state index in [2.05, 4.69) is 48.6 Å². The van der Waals surface area contributed by atoms with Crippen molar-refractivity contribution >= 4 is 50.1 Å². The second-order valence-electron chi connectivity index (χ2n) is 3.98. The van der Waals surface area contributed by atoms with Gasteiger partial charge in [-0.15, -0.1) is 0 Å². The highest BCUT2D eigenvalue weighted by Crippen LogP contribution is 2.22. The molecule has 2 rings (SSSR count). The first kappa shape index (κ1) is 16.2. The number of ether oxygens (including phenoxy) is 1. The molecule has 0 spiro atoms. The normalized spacial score (nSPS) is 10.5. The molecule has 0 heterocycles. The van der Waals surface area contributed by atoms with Crippen LogP contribution in [-0.4, -0.2) is 12.5 Å². The number of nitrogens with one attached hydrogen (secondary N) is 1. The van der Waals surface area contributed by atoms with E-state index in [1.807, 2.05) is 6.07 Å². The number of carbonyl (C=O) groups is 1. The average molecular weight is 468 g/mol. The minimum Gasteiger partial charge on any atom is -0.435 e. The zero-order chi connectivity index (χ0) is 15.4. The minimum absolute atomic E-state index is 0.0402. The van der Waals surface area contributed by atoms with Crippen LogP contribution in [0, 0.1) is 3.57 Å². The molecule has 0 aliphatic carbocycles. The van der Waals surface area contributed by atoms with Gasteiger partial charge in [-0.3, -0.25) is 4.79 Å². The SMILES string of the molecule is O=C(Nc1ccc(OC(F)F)cc1)c1cc(I)ccc1Br. The molecule has 0 aliphatic rings. The van der Waals surface area contributed by atoms with Crippen molar-refractivity contribution < 1.29 is 18.3 Å². The van der Waals surface area contributed by atoms with Crippen LogP contribution in [0.2, 0.25) is 0 Å². The van der Waals surface area contributed by atoms with Gasteiger partial charge >= 0.3 is 6.61 Å². The van der Waals surface area contributed by atoms with Crippen molar-refractivity contribution in [3.05, 3.63) is 56.1 Å². The van der Waals surface area contributed by atoms with Crippen molar-refractivity contribution in [3.8, 4) is 5.75 Å². The highest BCUT2D eigenvalue weighted by atomic mass is 127. The number of carbonyl (C=O) groups excluding carboxylic acids is 1. The van der Waals surface area contributed by atoms with Gasteiger partial charge < -0.3 is 10.1 Å². The van der Waals surface area contributed by atoms with Gasteiger partial charge in [0, 0.05) is 13.7 Å². The van der Waals surface area contributed by atoms with Crippen molar-refractivity contribution in [1.29, 1.82) is 0 Å². The number of benzene rings is 2. The van der Waals surface area contributed by atoms with E-state index < -0.39 is 6.61 Å². The minimum atomic E-state index is -2.87. The summed E-state index contributed by atoms with van der Waals surface area (Å²) in [6.45, 7) is -2.87. The zero-order valence-electron chi connectivity index (χ0n) is 10.4. The Hall–Kier alpha value is -1.22. The van der Waals surface area contributed by atoms with E-state index in [-0.39, 0.29) is 11.7 Å². The molecule has 2 aromatic rings. The average Bonchev–Trinajstić information content (AvgIpc) is 2.43. The van der Waals surface area contributed by atoms with Gasteiger partial charge in [-0.1, -0.05) is 0 Å². The standard InChI is InChI=1S/C14H9BrF2INO2/c15-12-6-1-8(18)7-11(12)13(20)19-9-2-4-10(5-3-9)21-14(16)17/h1-7,14H,(H,19,20). The zero-order valence-corrected chi connectivity index (χ0v) is 14.2. The molecule has 0 atom stereocenters. The summed E-state index contributed by atoms with van der Waals surface area (Å²) in [5.41, 5.74) is 0.988. The molecule has 0 radical (unpaired) electrons. The fraction of sp³-hybridized carbons (Fsp3) is 0.0714. The monoisotopic (exact) mass is 467 g/mol. The smallest absolute Gasteiger partial charge is 0.387 e. The number of rotatable bonds is 4. The molecule has 1 N–H and O–H groups in total. The molecule has 0 saturated carbocycles. The van der Waals surface area contributed by atoms with Gasteiger partial charge in [0.15, 0.2) is 0 Å². The van der Waals surface area contributed by atoms with E-state index in [0.29, 0.717) is 15.7 Å². The van der Waals surface area contributed by atoms with Crippen molar-refractivity contribution in [3.63, 3.8) is 0 Å². The highest BCUT2D eigenvalue weighted by Gasteiger charge is 2.11. The lowest BCUT2D eigenvalue weighted by Gasteiger charge is -2.09. The van der Waals surface area contributed by atoms with Crippen LogP contribution in [0.3, 0.4) is 0 Å². The number of alkyl halides is 2. The Morgan fingerprint density at radius 3 is 2.48 bits per heavy atom. The topological polar surface area (TPSA) is 38.3 Å². The van der Waals surface area contributed by atoms with E-state index in [1.54, 1.807) is 12.1 Å². The van der Waals surface area contributed by atoms with Gasteiger partial charge in [-0.25, -0.2) is 0 Å². The summed E-state index contributed by atoms with van der Waals surface area (Å²) in [5, 5.41) is 2.69. The first-order valence-electron chi connectivity index (χ1n) is 5.77. The van der Waals surface area contributed by atoms with Crippen LogP contribution >= 0.6 is 38.5 Å². The molecule has 0 unspecified atom stereocenters. The van der Waals surface area contributed by atoms with Crippen LogP contribution in [0.25, 0.3) is 0 Å². The van der Waals surface area contributed by atoms with Crippen LogP contribution in [-0.2, 0) is 0 Å². The quantitative estimate of drug-likeness (QED) is 0.649. The largest absolute Gasteiger partial charge is 0.435 e. The molecule has 110 valence electrons. The summed E-state index contributed by atoms with van der Waals surface area (Å²) in [5.74, 6) is -0.249. The Kier molecular flexibility index (Phi) is 5.51. The molecule has 21 heavy (non-hydrogen) atoms. The molecule has 0 aromatic heterocycles. The summed E-state index contributed by atoms with van der Waals surface area (Å²) in [6.07, 6.45) is 0. The third-order valence-corrected chi connectivity index (χ3v) is 3.87. The summed E-state index contributed by atoms with van der Waals surface area (Å²) in [4.78, 5) is 12.2. The number of halogens is 4. The predicted molar refractivity (Wildman–Crippen MR) is 87.9 cm³/mol. The predicted octanol–water partition coefficient (Wildman–Crippen LogP) is 4.91. The van der Waals surface area contributed by atoms with Gasteiger partial charge in [0.1, 0.15) is 5.75 Å². The Balaban J connectivity index is 2.10. The molecule has 0 saturated heterocycles. The third-order valence-electron chi connectivity index (χ3n) is 2.51. The Labute approximate surface area is 142 Å². The Morgan fingerprint density at radius 1 is 1.19 bits per heavy atom. The number of hydrogen-bond donors (Lipinski definition) is 1. The maximum absolute atomic E-state index is 12.2. The van der Waals surface area contributed by atoms with E-state index in [9.17, 15) is 13.6 Å². The summed E-state index contributed by atoms with van der Waals surface area (Å²) >= 11 is 5.43. The highest BCUT2D eigenvalue weighted by molar-refractivity contribution is 14.1. The first-order chi connectivity index (χ1) is 9.95. The fourth-order valence-electron chi connectivity index (χ4n) is 1.59. The molecule has 0 bridgehead atoms. The second kappa shape index (κ2) is 7.17. The summed E-state index contributed by atoms with van der Waals surface area (Å²) < 4.78 is 29.9. The Bertz CT molecular complexity index is 650. The number of hydrogen-bond acceptors (Lipinski definition) is 2. The van der Waals surface area contributed by atoms with Crippen LogP contribution in [0.5, 0.6) is 5.75 Å². The van der Waals surface area contributed by atoms with Gasteiger partial charge in [0.2, 0.25) is 0 Å². The maximum Gasteiger partial charge on any atom is 0.387 e. The molecule has 2 aromatic carbocycles. The van der Waals surface area contributed by atoms with Gasteiger partial charge in [-0.2, -0.15) is 8.78 Å². The maximum atomic E-state index is 12.2. The molecule has 7 heteroatoms. The lowest BCUT2D eigenvalue weighted by atomic mass is 10.2. The van der Waals surface area contributed by atoms with Crippen LogP contribution in [0.15, 0.2) is 46.9 Å². The van der Waals surface area contributed by atoms with Gasteiger partial charge in [0.25, 0.3) is 5.91 Å². The van der Waals surface area contributed by atoms with Crippen LogP contribution in [0.4, 0.5) is 14.5 Å². The summed E-state index contributed by atoms with van der Waals surface area (Å²) in [7, 11) is 0. The van der Waals surface area contributed by atoms with E-state index in [0.717, 1.165) is 3.57 Å². The molecular formula is C14H9BrF2INO2. The molecular weight excluding hydrogens is 459 g/mol. The van der Waals surface area contributed by atoms with Gasteiger partial charge in [-0.05, 0) is 81.0 Å². The molecule has 0 aliphatic heterocycles. The summed E-state index contributed by atoms with van der Waals surface area (Å²) in [6, 6.07) is 11.1. The molecule has 0 fully saturated rings.